The lowest BCUT2D eigenvalue weighted by Gasteiger charge is -2.05. The van der Waals surface area contributed by atoms with E-state index in [1.807, 2.05) is 6.92 Å². The molecule has 0 radical (unpaired) electrons. The molecule has 0 bridgehead atoms. The maximum atomic E-state index is 5.82. The summed E-state index contributed by atoms with van der Waals surface area (Å²) in [6.07, 6.45) is 3.30. The predicted octanol–water partition coefficient (Wildman–Crippen LogP) is 3.45. The maximum absolute atomic E-state index is 5.82. The van der Waals surface area contributed by atoms with Crippen molar-refractivity contribution in [2.45, 2.75) is 6.92 Å². The van der Waals surface area contributed by atoms with Crippen molar-refractivity contribution in [2.75, 3.05) is 11.9 Å². The van der Waals surface area contributed by atoms with Crippen LogP contribution in [0.5, 0.6) is 0 Å². The van der Waals surface area contributed by atoms with Crippen LogP contribution in [-0.2, 0) is 0 Å². The molecule has 16 heavy (non-hydrogen) atoms. The molecular formula is C9H8BrClN4S. The minimum Gasteiger partial charge on any atom is -0.369 e. The lowest BCUT2D eigenvalue weighted by Crippen LogP contribution is -2.02. The second kappa shape index (κ2) is 5.07. The lowest BCUT2D eigenvalue weighted by atomic mass is 10.5. The van der Waals surface area contributed by atoms with Gasteiger partial charge in [0.1, 0.15) is 10.2 Å². The molecule has 2 aromatic rings. The zero-order chi connectivity index (χ0) is 11.5. The summed E-state index contributed by atoms with van der Waals surface area (Å²) >= 11 is 10.6. The fourth-order valence-corrected chi connectivity index (χ4v) is 2.30. The Labute approximate surface area is 110 Å². The number of aromatic nitrogens is 3. The highest BCUT2D eigenvalue weighted by Gasteiger charge is 2.09. The van der Waals surface area contributed by atoms with Gasteiger partial charge in [0, 0.05) is 12.7 Å². The van der Waals surface area contributed by atoms with Crippen molar-refractivity contribution in [1.82, 2.24) is 15.0 Å². The summed E-state index contributed by atoms with van der Waals surface area (Å²) in [4.78, 5) is 12.7. The number of anilines is 1. The van der Waals surface area contributed by atoms with E-state index in [0.29, 0.717) is 10.2 Å². The largest absolute Gasteiger partial charge is 0.369 e. The van der Waals surface area contributed by atoms with Gasteiger partial charge in [-0.05, 0) is 22.9 Å². The van der Waals surface area contributed by atoms with E-state index in [0.717, 1.165) is 21.8 Å². The Kier molecular flexibility index (Phi) is 3.73. The van der Waals surface area contributed by atoms with Gasteiger partial charge in [-0.25, -0.2) is 15.0 Å². The van der Waals surface area contributed by atoms with E-state index in [9.17, 15) is 0 Å². The third kappa shape index (κ3) is 2.50. The van der Waals surface area contributed by atoms with Gasteiger partial charge in [0.25, 0.3) is 0 Å². The molecule has 0 spiro atoms. The molecule has 7 heteroatoms. The summed E-state index contributed by atoms with van der Waals surface area (Å²) in [5.74, 6) is 1.34. The molecule has 1 N–H and O–H groups in total. The summed E-state index contributed by atoms with van der Waals surface area (Å²) in [5, 5.41) is 3.86. The molecule has 0 saturated heterocycles. The van der Waals surface area contributed by atoms with Gasteiger partial charge in [-0.15, -0.1) is 0 Å². The van der Waals surface area contributed by atoms with Crippen LogP contribution in [0.2, 0.25) is 4.34 Å². The van der Waals surface area contributed by atoms with Crippen LogP contribution in [0.1, 0.15) is 6.92 Å². The fraction of sp³-hybridized carbons (Fsp3) is 0.222. The molecule has 0 fully saturated rings. The van der Waals surface area contributed by atoms with Gasteiger partial charge < -0.3 is 5.32 Å². The van der Waals surface area contributed by atoms with Crippen LogP contribution in [0.15, 0.2) is 16.9 Å². The van der Waals surface area contributed by atoms with Crippen molar-refractivity contribution in [3.05, 3.63) is 21.2 Å². The number of thiazole rings is 1. The number of halogens is 2. The van der Waals surface area contributed by atoms with Gasteiger partial charge in [-0.3, -0.25) is 0 Å². The third-order valence-electron chi connectivity index (χ3n) is 1.76. The molecular weight excluding hydrogens is 312 g/mol. The maximum Gasteiger partial charge on any atom is 0.190 e. The van der Waals surface area contributed by atoms with E-state index in [-0.39, 0.29) is 0 Å². The van der Waals surface area contributed by atoms with Crippen LogP contribution < -0.4 is 5.32 Å². The molecule has 2 rings (SSSR count). The molecule has 84 valence electrons. The van der Waals surface area contributed by atoms with Gasteiger partial charge in [0.05, 0.1) is 10.7 Å². The number of nitrogens with one attached hydrogen (secondary N) is 1. The Balaban J connectivity index is 2.39. The highest BCUT2D eigenvalue weighted by molar-refractivity contribution is 9.10. The molecule has 0 aliphatic carbocycles. The smallest absolute Gasteiger partial charge is 0.190 e. The second-order valence-corrected chi connectivity index (χ2v) is 5.41. The van der Waals surface area contributed by atoms with Crippen molar-refractivity contribution in [3.63, 3.8) is 0 Å². The number of rotatable bonds is 3. The Morgan fingerprint density at radius 3 is 2.88 bits per heavy atom. The average molecular weight is 320 g/mol. The van der Waals surface area contributed by atoms with Crippen LogP contribution in [0, 0.1) is 0 Å². The first-order valence-corrected chi connectivity index (χ1v) is 6.57. The van der Waals surface area contributed by atoms with Gasteiger partial charge in [-0.1, -0.05) is 22.9 Å². The quantitative estimate of drug-likeness (QED) is 0.941. The predicted molar refractivity (Wildman–Crippen MR) is 70.0 cm³/mol. The molecule has 0 aliphatic rings. The van der Waals surface area contributed by atoms with E-state index >= 15 is 0 Å². The minimum absolute atomic E-state index is 0.580. The molecule has 0 saturated carbocycles. The average Bonchev–Trinajstić information content (AvgIpc) is 2.69. The molecule has 4 nitrogen and oxygen atoms in total. The molecule has 0 unspecified atom stereocenters. The van der Waals surface area contributed by atoms with E-state index < -0.39 is 0 Å². The highest BCUT2D eigenvalue weighted by atomic mass is 79.9. The first-order valence-electron chi connectivity index (χ1n) is 4.59. The Morgan fingerprint density at radius 2 is 2.25 bits per heavy atom. The topological polar surface area (TPSA) is 50.7 Å². The molecule has 0 aromatic carbocycles. The zero-order valence-corrected chi connectivity index (χ0v) is 11.5. The number of hydrogen-bond acceptors (Lipinski definition) is 5. The lowest BCUT2D eigenvalue weighted by molar-refractivity contribution is 1.10. The summed E-state index contributed by atoms with van der Waals surface area (Å²) in [7, 11) is 0. The zero-order valence-electron chi connectivity index (χ0n) is 8.37. The number of nitrogens with zero attached hydrogens (tertiary/aromatic N) is 3. The third-order valence-corrected chi connectivity index (χ3v) is 3.45. The van der Waals surface area contributed by atoms with Crippen LogP contribution >= 0.6 is 38.9 Å². The van der Waals surface area contributed by atoms with Crippen molar-refractivity contribution < 1.29 is 0 Å². The van der Waals surface area contributed by atoms with Crippen LogP contribution in [0.25, 0.3) is 10.8 Å². The van der Waals surface area contributed by atoms with Gasteiger partial charge in [-0.2, -0.15) is 0 Å². The fourth-order valence-electron chi connectivity index (χ4n) is 1.12. The van der Waals surface area contributed by atoms with Crippen LogP contribution in [0.3, 0.4) is 0 Å². The van der Waals surface area contributed by atoms with E-state index in [1.54, 1.807) is 12.4 Å². The summed E-state index contributed by atoms with van der Waals surface area (Å²) < 4.78 is 1.47. The Morgan fingerprint density at radius 1 is 1.44 bits per heavy atom. The monoisotopic (exact) mass is 318 g/mol. The van der Waals surface area contributed by atoms with Gasteiger partial charge in [0.2, 0.25) is 0 Å². The standard InChI is InChI=1S/C9H8BrClN4S/c1-2-12-7-5(10)3-13-8(15-7)9-14-4-6(11)16-9/h3-4H,2H2,1H3,(H,12,13,15). The van der Waals surface area contributed by atoms with Gasteiger partial charge in [0.15, 0.2) is 10.8 Å². The molecule has 0 atom stereocenters. The van der Waals surface area contributed by atoms with Crippen LogP contribution in [0.4, 0.5) is 5.82 Å². The van der Waals surface area contributed by atoms with Crippen LogP contribution in [-0.4, -0.2) is 21.5 Å². The molecule has 0 aliphatic heterocycles. The van der Waals surface area contributed by atoms with E-state index in [4.69, 9.17) is 11.6 Å². The SMILES string of the molecule is CCNc1nc(-c2ncc(Cl)s2)ncc1Br. The minimum atomic E-state index is 0.580. The van der Waals surface area contributed by atoms with Crippen molar-refractivity contribution in [1.29, 1.82) is 0 Å². The normalized spacial score (nSPS) is 10.4. The number of hydrogen-bond donors (Lipinski definition) is 1. The van der Waals surface area contributed by atoms with Crippen molar-refractivity contribution in [3.8, 4) is 10.8 Å². The first kappa shape index (κ1) is 11.8. The highest BCUT2D eigenvalue weighted by Crippen LogP contribution is 2.28. The van der Waals surface area contributed by atoms with E-state index in [1.165, 1.54) is 11.3 Å². The van der Waals surface area contributed by atoms with Crippen molar-refractivity contribution in [2.24, 2.45) is 0 Å². The summed E-state index contributed by atoms with van der Waals surface area (Å²) in [5.41, 5.74) is 0. The molecule has 2 heterocycles. The summed E-state index contributed by atoms with van der Waals surface area (Å²) in [6, 6.07) is 0. The van der Waals surface area contributed by atoms with Gasteiger partial charge >= 0.3 is 0 Å². The summed E-state index contributed by atoms with van der Waals surface area (Å²) in [6.45, 7) is 2.81. The van der Waals surface area contributed by atoms with E-state index in [2.05, 4.69) is 36.2 Å². The Hall–Kier alpha value is -0.720. The first-order chi connectivity index (χ1) is 7.70. The Bertz CT molecular complexity index is 502. The second-order valence-electron chi connectivity index (χ2n) is 2.89. The van der Waals surface area contributed by atoms with Crippen molar-refractivity contribution >= 4 is 44.7 Å². The molecule has 0 amide bonds. The molecule has 2 aromatic heterocycles.